The van der Waals surface area contributed by atoms with Crippen LogP contribution in [0.25, 0.3) is 0 Å². The fourth-order valence-electron chi connectivity index (χ4n) is 3.90. The molecule has 1 aliphatic rings. The van der Waals surface area contributed by atoms with Crippen molar-refractivity contribution >= 4 is 17.7 Å². The summed E-state index contributed by atoms with van der Waals surface area (Å²) in [6.45, 7) is 8.33. The highest BCUT2D eigenvalue weighted by Crippen LogP contribution is 2.29. The molecule has 1 aliphatic heterocycles. The van der Waals surface area contributed by atoms with Gasteiger partial charge in [-0.3, -0.25) is 9.69 Å². The first-order valence-electron chi connectivity index (χ1n) is 10.8. The van der Waals surface area contributed by atoms with Gasteiger partial charge in [0.15, 0.2) is 0 Å². The third kappa shape index (κ3) is 5.38. The molecule has 6 heteroatoms. The zero-order valence-corrected chi connectivity index (χ0v) is 19.0. The molecule has 0 radical (unpaired) electrons. The second-order valence-electron chi connectivity index (χ2n) is 7.96. The van der Waals surface area contributed by atoms with Crippen molar-refractivity contribution in [3.63, 3.8) is 0 Å². The third-order valence-electron chi connectivity index (χ3n) is 5.89. The molecule has 2 heterocycles. The van der Waals surface area contributed by atoms with E-state index in [0.717, 1.165) is 72.4 Å². The Labute approximate surface area is 188 Å². The number of aromatic nitrogens is 1. The van der Waals surface area contributed by atoms with E-state index in [1.807, 2.05) is 43.0 Å². The number of piperazine rings is 1. The average Bonchev–Trinajstić information content (AvgIpc) is 3.14. The van der Waals surface area contributed by atoms with Crippen molar-refractivity contribution in [1.82, 2.24) is 15.0 Å². The molecule has 3 aromatic rings. The molecule has 0 spiro atoms. The highest BCUT2D eigenvalue weighted by atomic mass is 32.2. The fraction of sp³-hybridized carbons (Fsp3) is 0.360. The normalized spacial score (nSPS) is 14.7. The molecular weight excluding hydrogens is 406 g/mol. The summed E-state index contributed by atoms with van der Waals surface area (Å²) in [6.07, 6.45) is 1.05. The van der Waals surface area contributed by atoms with E-state index in [1.165, 1.54) is 5.56 Å². The van der Waals surface area contributed by atoms with E-state index < -0.39 is 0 Å². The predicted octanol–water partition coefficient (Wildman–Crippen LogP) is 4.58. The maximum absolute atomic E-state index is 13.3. The monoisotopic (exact) mass is 435 g/mol. The summed E-state index contributed by atoms with van der Waals surface area (Å²) < 4.78 is 5.27. The Morgan fingerprint density at radius 1 is 1.00 bits per heavy atom. The topological polar surface area (TPSA) is 49.6 Å². The smallest absolute Gasteiger partial charge is 0.255 e. The van der Waals surface area contributed by atoms with Crippen LogP contribution in [0.5, 0.6) is 0 Å². The second-order valence-corrected chi connectivity index (χ2v) is 8.97. The lowest BCUT2D eigenvalue weighted by Gasteiger charge is -2.35. The van der Waals surface area contributed by atoms with Crippen LogP contribution in [0.3, 0.4) is 0 Å². The molecule has 0 bridgehead atoms. The van der Waals surface area contributed by atoms with E-state index in [-0.39, 0.29) is 5.91 Å². The van der Waals surface area contributed by atoms with Gasteiger partial charge in [0.05, 0.1) is 11.3 Å². The number of rotatable bonds is 7. The highest BCUT2D eigenvalue weighted by molar-refractivity contribution is 7.98. The number of hydrogen-bond acceptors (Lipinski definition) is 5. The van der Waals surface area contributed by atoms with Gasteiger partial charge in [0, 0.05) is 48.9 Å². The first kappa shape index (κ1) is 21.7. The lowest BCUT2D eigenvalue weighted by molar-refractivity contribution is 0.0635. The zero-order chi connectivity index (χ0) is 21.6. The Morgan fingerprint density at radius 2 is 1.71 bits per heavy atom. The quantitative estimate of drug-likeness (QED) is 0.508. The van der Waals surface area contributed by atoms with Gasteiger partial charge in [-0.25, -0.2) is 0 Å². The molecule has 1 aromatic heterocycles. The van der Waals surface area contributed by atoms with Crippen molar-refractivity contribution in [2.45, 2.75) is 30.9 Å². The molecule has 2 aromatic carbocycles. The molecule has 1 amide bonds. The first-order valence-corrected chi connectivity index (χ1v) is 11.8. The Balaban J connectivity index is 1.33. The Hall–Kier alpha value is -2.57. The van der Waals surface area contributed by atoms with Crippen molar-refractivity contribution in [3.05, 3.63) is 82.7 Å². The van der Waals surface area contributed by atoms with Crippen LogP contribution in [0.1, 0.15) is 32.9 Å². The van der Waals surface area contributed by atoms with Gasteiger partial charge < -0.3 is 9.42 Å². The minimum atomic E-state index is 0.129. The molecule has 1 saturated heterocycles. The van der Waals surface area contributed by atoms with Crippen molar-refractivity contribution in [2.24, 2.45) is 0 Å². The van der Waals surface area contributed by atoms with Gasteiger partial charge in [0.2, 0.25) is 0 Å². The standard InChI is InChI=1S/C25H29N3O2S/c1-19-23(20(2)30-26-19)18-31-24-11-7-6-10-22(24)25(29)28-16-14-27(15-17-28)13-12-21-8-4-3-5-9-21/h3-11H,12-18H2,1-2H3. The summed E-state index contributed by atoms with van der Waals surface area (Å²) in [5, 5.41) is 4.03. The molecule has 5 nitrogen and oxygen atoms in total. The van der Waals surface area contributed by atoms with Crippen LogP contribution >= 0.6 is 11.8 Å². The molecule has 162 valence electrons. The van der Waals surface area contributed by atoms with Gasteiger partial charge in [-0.2, -0.15) is 0 Å². The van der Waals surface area contributed by atoms with E-state index in [2.05, 4.69) is 40.4 Å². The Morgan fingerprint density at radius 3 is 2.42 bits per heavy atom. The molecule has 0 unspecified atom stereocenters. The number of nitrogens with zero attached hydrogens (tertiary/aromatic N) is 3. The van der Waals surface area contributed by atoms with Crippen LogP contribution in [0, 0.1) is 13.8 Å². The lowest BCUT2D eigenvalue weighted by Crippen LogP contribution is -2.49. The van der Waals surface area contributed by atoms with Crippen LogP contribution in [0.2, 0.25) is 0 Å². The molecule has 0 atom stereocenters. The number of aryl methyl sites for hydroxylation is 2. The Kier molecular flexibility index (Phi) is 7.10. The first-order chi connectivity index (χ1) is 15.1. The molecule has 0 N–H and O–H groups in total. The average molecular weight is 436 g/mol. The lowest BCUT2D eigenvalue weighted by atomic mass is 10.1. The largest absolute Gasteiger partial charge is 0.361 e. The van der Waals surface area contributed by atoms with Gasteiger partial charge in [0.1, 0.15) is 5.76 Å². The van der Waals surface area contributed by atoms with Crippen LogP contribution in [-0.4, -0.2) is 53.6 Å². The maximum atomic E-state index is 13.3. The van der Waals surface area contributed by atoms with Crippen molar-refractivity contribution in [2.75, 3.05) is 32.7 Å². The molecular formula is C25H29N3O2S. The SMILES string of the molecule is Cc1noc(C)c1CSc1ccccc1C(=O)N1CCN(CCc2ccccc2)CC1. The molecule has 0 saturated carbocycles. The predicted molar refractivity (Wildman–Crippen MR) is 124 cm³/mol. The van der Waals surface area contributed by atoms with Crippen LogP contribution in [0.4, 0.5) is 0 Å². The highest BCUT2D eigenvalue weighted by Gasteiger charge is 2.24. The minimum absolute atomic E-state index is 0.129. The fourth-order valence-corrected chi connectivity index (χ4v) is 5.10. The zero-order valence-electron chi connectivity index (χ0n) is 18.2. The van der Waals surface area contributed by atoms with E-state index >= 15 is 0 Å². The third-order valence-corrected chi connectivity index (χ3v) is 6.99. The van der Waals surface area contributed by atoms with Gasteiger partial charge in [0.25, 0.3) is 5.91 Å². The Bertz CT molecular complexity index is 991. The number of carbonyl (C=O) groups excluding carboxylic acids is 1. The van der Waals surface area contributed by atoms with Crippen molar-refractivity contribution < 1.29 is 9.32 Å². The van der Waals surface area contributed by atoms with Crippen LogP contribution < -0.4 is 0 Å². The molecule has 4 rings (SSSR count). The van der Waals surface area contributed by atoms with E-state index in [1.54, 1.807) is 11.8 Å². The number of benzene rings is 2. The van der Waals surface area contributed by atoms with Crippen LogP contribution in [0.15, 0.2) is 64.0 Å². The van der Waals surface area contributed by atoms with Crippen molar-refractivity contribution in [3.8, 4) is 0 Å². The number of amides is 1. The second kappa shape index (κ2) is 10.2. The van der Waals surface area contributed by atoms with Crippen molar-refractivity contribution in [1.29, 1.82) is 0 Å². The summed E-state index contributed by atoms with van der Waals surface area (Å²) in [7, 11) is 0. The van der Waals surface area contributed by atoms with E-state index in [9.17, 15) is 4.79 Å². The summed E-state index contributed by atoms with van der Waals surface area (Å²) in [4.78, 5) is 18.7. The van der Waals surface area contributed by atoms with Gasteiger partial charge in [-0.1, -0.05) is 47.6 Å². The minimum Gasteiger partial charge on any atom is -0.361 e. The van der Waals surface area contributed by atoms with E-state index in [4.69, 9.17) is 4.52 Å². The number of carbonyl (C=O) groups is 1. The van der Waals surface area contributed by atoms with Gasteiger partial charge in [-0.15, -0.1) is 11.8 Å². The summed E-state index contributed by atoms with van der Waals surface area (Å²) >= 11 is 1.67. The maximum Gasteiger partial charge on any atom is 0.255 e. The summed E-state index contributed by atoms with van der Waals surface area (Å²) in [5.74, 6) is 1.73. The van der Waals surface area contributed by atoms with Gasteiger partial charge in [-0.05, 0) is 38.0 Å². The van der Waals surface area contributed by atoms with E-state index in [0.29, 0.717) is 0 Å². The van der Waals surface area contributed by atoms with Gasteiger partial charge >= 0.3 is 0 Å². The molecule has 0 aliphatic carbocycles. The summed E-state index contributed by atoms with van der Waals surface area (Å²) in [6, 6.07) is 18.5. The summed E-state index contributed by atoms with van der Waals surface area (Å²) in [5.41, 5.74) is 4.18. The number of hydrogen-bond donors (Lipinski definition) is 0. The molecule has 1 fully saturated rings. The molecule has 31 heavy (non-hydrogen) atoms. The van der Waals surface area contributed by atoms with Crippen LogP contribution in [-0.2, 0) is 12.2 Å². The number of thioether (sulfide) groups is 1.